The summed E-state index contributed by atoms with van der Waals surface area (Å²) >= 11 is 0. The van der Waals surface area contributed by atoms with E-state index in [1.807, 2.05) is 0 Å². The maximum Gasteiger partial charge on any atom is 0.0516 e. The summed E-state index contributed by atoms with van der Waals surface area (Å²) < 4.78 is 5.10. The van der Waals surface area contributed by atoms with Crippen molar-refractivity contribution in [3.63, 3.8) is 0 Å². The van der Waals surface area contributed by atoms with Crippen LogP contribution in [-0.2, 0) is 4.74 Å². The van der Waals surface area contributed by atoms with Gasteiger partial charge in [0.1, 0.15) is 0 Å². The molecule has 0 bridgehead atoms. The largest absolute Gasteiger partial charge is 0.384 e. The standard InChI is InChI=1S/C8H16O/c1-7-4-8(2,5-7)6-9-3/h7H,4-6H2,1-3H3. The van der Waals surface area contributed by atoms with Gasteiger partial charge in [0.15, 0.2) is 0 Å². The van der Waals surface area contributed by atoms with E-state index in [1.165, 1.54) is 12.8 Å². The molecule has 0 aromatic heterocycles. The predicted octanol–water partition coefficient (Wildman–Crippen LogP) is 2.07. The van der Waals surface area contributed by atoms with E-state index in [0.29, 0.717) is 5.41 Å². The van der Waals surface area contributed by atoms with Crippen molar-refractivity contribution in [3.8, 4) is 0 Å². The van der Waals surface area contributed by atoms with Crippen LogP contribution in [0.2, 0.25) is 0 Å². The molecule has 1 fully saturated rings. The maximum atomic E-state index is 5.10. The van der Waals surface area contributed by atoms with Crippen LogP contribution in [0.1, 0.15) is 26.7 Å². The fraction of sp³-hybridized carbons (Fsp3) is 1.00. The Kier molecular flexibility index (Phi) is 1.80. The molecule has 0 saturated heterocycles. The van der Waals surface area contributed by atoms with Gasteiger partial charge < -0.3 is 4.74 Å². The Labute approximate surface area is 57.4 Å². The molecule has 0 aromatic rings. The van der Waals surface area contributed by atoms with Gasteiger partial charge in [0, 0.05) is 7.11 Å². The van der Waals surface area contributed by atoms with E-state index in [1.54, 1.807) is 7.11 Å². The second kappa shape index (κ2) is 2.30. The molecule has 9 heavy (non-hydrogen) atoms. The van der Waals surface area contributed by atoms with Gasteiger partial charge in [0.05, 0.1) is 6.61 Å². The van der Waals surface area contributed by atoms with E-state index in [0.717, 1.165) is 12.5 Å². The zero-order valence-corrected chi connectivity index (χ0v) is 6.61. The van der Waals surface area contributed by atoms with E-state index in [-0.39, 0.29) is 0 Å². The summed E-state index contributed by atoms with van der Waals surface area (Å²) in [6, 6.07) is 0. The molecule has 0 N–H and O–H groups in total. The molecule has 1 rings (SSSR count). The molecule has 0 amide bonds. The van der Waals surface area contributed by atoms with Crippen molar-refractivity contribution in [1.29, 1.82) is 0 Å². The summed E-state index contributed by atoms with van der Waals surface area (Å²) in [6.07, 6.45) is 2.70. The second-order valence-corrected chi connectivity index (χ2v) is 3.76. The smallest absolute Gasteiger partial charge is 0.0516 e. The minimum Gasteiger partial charge on any atom is -0.384 e. The summed E-state index contributed by atoms with van der Waals surface area (Å²) in [4.78, 5) is 0. The third-order valence-electron chi connectivity index (χ3n) is 2.18. The predicted molar refractivity (Wildman–Crippen MR) is 38.4 cm³/mol. The van der Waals surface area contributed by atoms with E-state index >= 15 is 0 Å². The molecule has 1 aliphatic rings. The van der Waals surface area contributed by atoms with Crippen LogP contribution in [0.4, 0.5) is 0 Å². The fourth-order valence-corrected chi connectivity index (χ4v) is 2.09. The van der Waals surface area contributed by atoms with Crippen molar-refractivity contribution in [2.75, 3.05) is 13.7 Å². The molecule has 0 aliphatic heterocycles. The van der Waals surface area contributed by atoms with Crippen molar-refractivity contribution in [2.45, 2.75) is 26.7 Å². The molecule has 54 valence electrons. The molecular weight excluding hydrogens is 112 g/mol. The Bertz CT molecular complexity index is 87.2. The normalized spacial score (nSPS) is 42.3. The molecule has 1 aliphatic carbocycles. The monoisotopic (exact) mass is 128 g/mol. The van der Waals surface area contributed by atoms with Gasteiger partial charge in [-0.05, 0) is 24.2 Å². The highest BCUT2D eigenvalue weighted by atomic mass is 16.5. The summed E-state index contributed by atoms with van der Waals surface area (Å²) in [5, 5.41) is 0. The van der Waals surface area contributed by atoms with Gasteiger partial charge in [-0.25, -0.2) is 0 Å². The Morgan fingerprint density at radius 2 is 2.11 bits per heavy atom. The van der Waals surface area contributed by atoms with Gasteiger partial charge in [-0.15, -0.1) is 0 Å². The second-order valence-electron chi connectivity index (χ2n) is 3.76. The molecule has 0 aromatic carbocycles. The molecule has 0 unspecified atom stereocenters. The molecule has 0 spiro atoms. The maximum absolute atomic E-state index is 5.10. The van der Waals surface area contributed by atoms with Crippen molar-refractivity contribution >= 4 is 0 Å². The summed E-state index contributed by atoms with van der Waals surface area (Å²) in [5.74, 6) is 0.935. The van der Waals surface area contributed by atoms with Gasteiger partial charge in [0.25, 0.3) is 0 Å². The third-order valence-corrected chi connectivity index (χ3v) is 2.18. The van der Waals surface area contributed by atoms with E-state index in [4.69, 9.17) is 4.74 Å². The lowest BCUT2D eigenvalue weighted by Gasteiger charge is -2.43. The van der Waals surface area contributed by atoms with E-state index in [9.17, 15) is 0 Å². The number of ether oxygens (including phenoxy) is 1. The number of hydrogen-bond donors (Lipinski definition) is 0. The van der Waals surface area contributed by atoms with Crippen LogP contribution in [0.3, 0.4) is 0 Å². The highest BCUT2D eigenvalue weighted by Crippen LogP contribution is 2.44. The third kappa shape index (κ3) is 1.45. The number of methoxy groups -OCH3 is 1. The first-order valence-electron chi connectivity index (χ1n) is 3.65. The molecule has 0 atom stereocenters. The van der Waals surface area contributed by atoms with Crippen LogP contribution >= 0.6 is 0 Å². The Balaban J connectivity index is 2.23. The Morgan fingerprint density at radius 1 is 1.56 bits per heavy atom. The minimum absolute atomic E-state index is 0.522. The Hall–Kier alpha value is -0.0400. The van der Waals surface area contributed by atoms with Gasteiger partial charge in [-0.2, -0.15) is 0 Å². The van der Waals surface area contributed by atoms with Crippen molar-refractivity contribution in [2.24, 2.45) is 11.3 Å². The quantitative estimate of drug-likeness (QED) is 0.553. The van der Waals surface area contributed by atoms with Crippen molar-refractivity contribution in [1.82, 2.24) is 0 Å². The summed E-state index contributed by atoms with van der Waals surface area (Å²) in [5.41, 5.74) is 0.522. The first-order valence-corrected chi connectivity index (χ1v) is 3.65. The van der Waals surface area contributed by atoms with Crippen LogP contribution in [0.25, 0.3) is 0 Å². The Morgan fingerprint density at radius 3 is 2.44 bits per heavy atom. The van der Waals surface area contributed by atoms with Crippen LogP contribution < -0.4 is 0 Å². The molecule has 0 heterocycles. The van der Waals surface area contributed by atoms with Gasteiger partial charge >= 0.3 is 0 Å². The highest BCUT2D eigenvalue weighted by molar-refractivity contribution is 4.87. The molecule has 1 heteroatoms. The van der Waals surface area contributed by atoms with Crippen LogP contribution in [0.5, 0.6) is 0 Å². The van der Waals surface area contributed by atoms with Crippen LogP contribution in [-0.4, -0.2) is 13.7 Å². The molecule has 1 saturated carbocycles. The van der Waals surface area contributed by atoms with Crippen molar-refractivity contribution < 1.29 is 4.74 Å². The lowest BCUT2D eigenvalue weighted by atomic mass is 9.64. The SMILES string of the molecule is COCC1(C)CC(C)C1. The summed E-state index contributed by atoms with van der Waals surface area (Å²) in [6.45, 7) is 5.55. The lowest BCUT2D eigenvalue weighted by molar-refractivity contribution is -0.00213. The number of hydrogen-bond acceptors (Lipinski definition) is 1. The molecule has 1 nitrogen and oxygen atoms in total. The lowest BCUT2D eigenvalue weighted by Crippen LogP contribution is -2.36. The number of rotatable bonds is 2. The zero-order valence-electron chi connectivity index (χ0n) is 6.61. The summed E-state index contributed by atoms with van der Waals surface area (Å²) in [7, 11) is 1.79. The van der Waals surface area contributed by atoms with Crippen molar-refractivity contribution in [3.05, 3.63) is 0 Å². The topological polar surface area (TPSA) is 9.23 Å². The highest BCUT2D eigenvalue weighted by Gasteiger charge is 2.37. The fourth-order valence-electron chi connectivity index (χ4n) is 2.09. The van der Waals surface area contributed by atoms with E-state index in [2.05, 4.69) is 13.8 Å². The van der Waals surface area contributed by atoms with Gasteiger partial charge in [-0.1, -0.05) is 13.8 Å². The minimum atomic E-state index is 0.522. The zero-order chi connectivity index (χ0) is 6.91. The van der Waals surface area contributed by atoms with E-state index < -0.39 is 0 Å². The van der Waals surface area contributed by atoms with Gasteiger partial charge in [0.2, 0.25) is 0 Å². The van der Waals surface area contributed by atoms with Gasteiger partial charge in [-0.3, -0.25) is 0 Å². The average molecular weight is 128 g/mol. The molecule has 0 radical (unpaired) electrons. The van der Waals surface area contributed by atoms with Crippen LogP contribution in [0, 0.1) is 11.3 Å². The average Bonchev–Trinajstić information content (AvgIpc) is 1.62. The van der Waals surface area contributed by atoms with Crippen LogP contribution in [0.15, 0.2) is 0 Å². The molecular formula is C8H16O. The first kappa shape index (κ1) is 7.07. The first-order chi connectivity index (χ1) is 4.16.